The van der Waals surface area contributed by atoms with Crippen LogP contribution in [0.4, 0.5) is 0 Å². The van der Waals surface area contributed by atoms with Crippen molar-refractivity contribution in [2.45, 2.75) is 58.3 Å². The summed E-state index contributed by atoms with van der Waals surface area (Å²) < 4.78 is 0. The Kier molecular flexibility index (Phi) is 4.48. The molecule has 0 aliphatic heterocycles. The molecule has 108 valence electrons. The molecular weight excluding hydrogens is 242 g/mol. The average Bonchev–Trinajstić information content (AvgIpc) is 2.37. The maximum absolute atomic E-state index is 12.2. The van der Waals surface area contributed by atoms with E-state index >= 15 is 0 Å². The van der Waals surface area contributed by atoms with Crippen LogP contribution in [0.2, 0.25) is 0 Å². The molecule has 4 heteroatoms. The molecule has 19 heavy (non-hydrogen) atoms. The molecule has 2 N–H and O–H groups in total. The third kappa shape index (κ3) is 3.10. The molecule has 0 aromatic rings. The van der Waals surface area contributed by atoms with E-state index in [0.717, 1.165) is 32.2 Å². The van der Waals surface area contributed by atoms with Gasteiger partial charge in [-0.2, -0.15) is 0 Å². The van der Waals surface area contributed by atoms with Crippen LogP contribution in [-0.4, -0.2) is 23.5 Å². The number of rotatable bonds is 5. The summed E-state index contributed by atoms with van der Waals surface area (Å²) in [6.07, 6.45) is 8.01. The van der Waals surface area contributed by atoms with Crippen LogP contribution in [0.1, 0.15) is 58.3 Å². The van der Waals surface area contributed by atoms with Gasteiger partial charge >= 0.3 is 5.97 Å². The Morgan fingerprint density at radius 2 is 1.79 bits per heavy atom. The topological polar surface area (TPSA) is 66.4 Å². The fraction of sp³-hybridized carbons (Fsp3) is 0.867. The van der Waals surface area contributed by atoms with Gasteiger partial charge in [0.05, 0.1) is 11.8 Å². The summed E-state index contributed by atoms with van der Waals surface area (Å²) in [7, 11) is 0. The number of aliphatic carboxylic acids is 1. The summed E-state index contributed by atoms with van der Waals surface area (Å²) >= 11 is 0. The first-order valence-corrected chi connectivity index (χ1v) is 7.58. The molecule has 0 bridgehead atoms. The number of carboxylic acid groups (broad SMARTS) is 1. The molecule has 4 nitrogen and oxygen atoms in total. The Morgan fingerprint density at radius 1 is 1.16 bits per heavy atom. The lowest BCUT2D eigenvalue weighted by Gasteiger charge is -2.42. The Hall–Kier alpha value is -1.06. The number of nitrogens with one attached hydrogen (secondary N) is 1. The zero-order valence-electron chi connectivity index (χ0n) is 11.8. The molecule has 2 fully saturated rings. The van der Waals surface area contributed by atoms with Crippen molar-refractivity contribution in [1.82, 2.24) is 5.32 Å². The second-order valence-corrected chi connectivity index (χ2v) is 6.26. The van der Waals surface area contributed by atoms with Crippen LogP contribution in [0.15, 0.2) is 0 Å². The van der Waals surface area contributed by atoms with Crippen molar-refractivity contribution in [2.24, 2.45) is 17.3 Å². The van der Waals surface area contributed by atoms with Crippen molar-refractivity contribution in [2.75, 3.05) is 6.54 Å². The molecule has 2 unspecified atom stereocenters. The molecule has 2 saturated carbocycles. The normalized spacial score (nSPS) is 29.3. The summed E-state index contributed by atoms with van der Waals surface area (Å²) in [5, 5.41) is 12.2. The van der Waals surface area contributed by atoms with Crippen molar-refractivity contribution >= 4 is 11.9 Å². The highest BCUT2D eigenvalue weighted by Gasteiger charge is 2.38. The number of carboxylic acids is 1. The third-order valence-corrected chi connectivity index (χ3v) is 5.22. The lowest BCUT2D eigenvalue weighted by atomic mass is 9.67. The lowest BCUT2D eigenvalue weighted by molar-refractivity contribution is -0.149. The molecule has 0 spiro atoms. The largest absolute Gasteiger partial charge is 0.481 e. The molecule has 0 aromatic carbocycles. The second kappa shape index (κ2) is 5.93. The van der Waals surface area contributed by atoms with E-state index in [-0.39, 0.29) is 11.8 Å². The summed E-state index contributed by atoms with van der Waals surface area (Å²) in [5.41, 5.74) is 0.295. The fourth-order valence-corrected chi connectivity index (χ4v) is 3.48. The summed E-state index contributed by atoms with van der Waals surface area (Å²) in [6, 6.07) is 0. The first kappa shape index (κ1) is 14.4. The lowest BCUT2D eigenvalue weighted by Crippen LogP contribution is -2.46. The maximum atomic E-state index is 12.2. The monoisotopic (exact) mass is 267 g/mol. The molecule has 0 radical (unpaired) electrons. The first-order valence-electron chi connectivity index (χ1n) is 7.58. The van der Waals surface area contributed by atoms with E-state index in [4.69, 9.17) is 0 Å². The molecule has 2 rings (SSSR count). The van der Waals surface area contributed by atoms with Crippen molar-refractivity contribution < 1.29 is 14.7 Å². The number of carbonyl (C=O) groups excluding carboxylic acids is 1. The van der Waals surface area contributed by atoms with E-state index in [1.54, 1.807) is 0 Å². The van der Waals surface area contributed by atoms with Gasteiger partial charge in [0.25, 0.3) is 0 Å². The Balaban J connectivity index is 1.89. The molecule has 2 atom stereocenters. The van der Waals surface area contributed by atoms with E-state index in [1.165, 1.54) is 19.3 Å². The van der Waals surface area contributed by atoms with Crippen molar-refractivity contribution in [3.63, 3.8) is 0 Å². The van der Waals surface area contributed by atoms with Crippen LogP contribution < -0.4 is 5.32 Å². The quantitative estimate of drug-likeness (QED) is 0.804. The number of hydrogen-bond donors (Lipinski definition) is 2. The van der Waals surface area contributed by atoms with Gasteiger partial charge in [0.1, 0.15) is 0 Å². The second-order valence-electron chi connectivity index (χ2n) is 6.26. The highest BCUT2D eigenvalue weighted by molar-refractivity contribution is 5.84. The smallest absolute Gasteiger partial charge is 0.307 e. The molecule has 2 aliphatic carbocycles. The summed E-state index contributed by atoms with van der Waals surface area (Å²) in [6.45, 7) is 2.90. The minimum atomic E-state index is -0.811. The molecule has 1 amide bonds. The van der Waals surface area contributed by atoms with Gasteiger partial charge in [-0.3, -0.25) is 9.59 Å². The minimum Gasteiger partial charge on any atom is -0.481 e. The van der Waals surface area contributed by atoms with Gasteiger partial charge in [0, 0.05) is 6.54 Å². The predicted octanol–water partition coefficient (Wildman–Crippen LogP) is 2.57. The zero-order valence-corrected chi connectivity index (χ0v) is 11.8. The third-order valence-electron chi connectivity index (χ3n) is 5.22. The van der Waals surface area contributed by atoms with Gasteiger partial charge in [0.15, 0.2) is 0 Å². The SMILES string of the molecule is CCC1(CNC(=O)C2CCCCC2C(=O)O)CCC1. The highest BCUT2D eigenvalue weighted by Crippen LogP contribution is 2.43. The van der Waals surface area contributed by atoms with Gasteiger partial charge in [-0.1, -0.05) is 26.2 Å². The minimum absolute atomic E-state index is 0.0353. The van der Waals surface area contributed by atoms with Gasteiger partial charge in [-0.15, -0.1) is 0 Å². The Bertz CT molecular complexity index is 344. The van der Waals surface area contributed by atoms with Crippen LogP contribution in [-0.2, 0) is 9.59 Å². The van der Waals surface area contributed by atoms with E-state index in [0.29, 0.717) is 11.8 Å². The van der Waals surface area contributed by atoms with E-state index in [2.05, 4.69) is 12.2 Å². The maximum Gasteiger partial charge on any atom is 0.307 e. The van der Waals surface area contributed by atoms with Crippen LogP contribution in [0.25, 0.3) is 0 Å². The zero-order chi connectivity index (χ0) is 13.9. The summed E-state index contributed by atoms with van der Waals surface area (Å²) in [4.78, 5) is 23.5. The van der Waals surface area contributed by atoms with Crippen molar-refractivity contribution in [3.8, 4) is 0 Å². The predicted molar refractivity (Wildman–Crippen MR) is 72.7 cm³/mol. The van der Waals surface area contributed by atoms with Gasteiger partial charge in [-0.05, 0) is 37.5 Å². The number of hydrogen-bond acceptors (Lipinski definition) is 2. The van der Waals surface area contributed by atoms with Gasteiger partial charge < -0.3 is 10.4 Å². The van der Waals surface area contributed by atoms with Crippen molar-refractivity contribution in [3.05, 3.63) is 0 Å². The molecule has 0 aromatic heterocycles. The molecule has 0 saturated heterocycles. The fourth-order valence-electron chi connectivity index (χ4n) is 3.48. The molecular formula is C15H25NO3. The highest BCUT2D eigenvalue weighted by atomic mass is 16.4. The van der Waals surface area contributed by atoms with Crippen molar-refractivity contribution in [1.29, 1.82) is 0 Å². The first-order chi connectivity index (χ1) is 9.08. The Labute approximate surface area is 115 Å². The van der Waals surface area contributed by atoms with Crippen LogP contribution in [0.3, 0.4) is 0 Å². The van der Waals surface area contributed by atoms with Crippen LogP contribution in [0.5, 0.6) is 0 Å². The van der Waals surface area contributed by atoms with E-state index in [1.807, 2.05) is 0 Å². The van der Waals surface area contributed by atoms with Gasteiger partial charge in [-0.25, -0.2) is 0 Å². The molecule has 0 heterocycles. The standard InChI is InChI=1S/C15H25NO3/c1-2-15(8-5-9-15)10-16-13(17)11-6-3-4-7-12(11)14(18)19/h11-12H,2-10H2,1H3,(H,16,17)(H,18,19). The van der Waals surface area contributed by atoms with E-state index < -0.39 is 11.9 Å². The van der Waals surface area contributed by atoms with Crippen LogP contribution in [0, 0.1) is 17.3 Å². The number of amides is 1. The molecule has 2 aliphatic rings. The average molecular weight is 267 g/mol. The van der Waals surface area contributed by atoms with Gasteiger partial charge in [0.2, 0.25) is 5.91 Å². The Morgan fingerprint density at radius 3 is 2.26 bits per heavy atom. The van der Waals surface area contributed by atoms with E-state index in [9.17, 15) is 14.7 Å². The number of carbonyl (C=O) groups is 2. The summed E-state index contributed by atoms with van der Waals surface area (Å²) in [5.74, 6) is -1.64. The van der Waals surface area contributed by atoms with Crippen LogP contribution >= 0.6 is 0 Å².